The van der Waals surface area contributed by atoms with Gasteiger partial charge >= 0.3 is 0 Å². The monoisotopic (exact) mass is 408 g/mol. The average molecular weight is 409 g/mol. The van der Waals surface area contributed by atoms with Crippen LogP contribution >= 0.6 is 11.6 Å². The summed E-state index contributed by atoms with van der Waals surface area (Å²) in [6.07, 6.45) is 0. The Labute approximate surface area is 162 Å². The first-order valence-corrected chi connectivity index (χ1v) is 9.51. The molecule has 1 amide bonds. The summed E-state index contributed by atoms with van der Waals surface area (Å²) in [6, 6.07) is 12.8. The van der Waals surface area contributed by atoms with E-state index in [-0.39, 0.29) is 11.5 Å². The number of amides is 1. The van der Waals surface area contributed by atoms with Crippen LogP contribution in [0.1, 0.15) is 5.56 Å². The molecule has 27 heavy (non-hydrogen) atoms. The lowest BCUT2D eigenvalue weighted by Gasteiger charge is -2.16. The van der Waals surface area contributed by atoms with Crippen LogP contribution in [0.15, 0.2) is 53.4 Å². The predicted octanol–water partition coefficient (Wildman–Crippen LogP) is 1.90. The van der Waals surface area contributed by atoms with Gasteiger partial charge in [-0.3, -0.25) is 10.0 Å². The maximum Gasteiger partial charge on any atom is 0.258 e. The van der Waals surface area contributed by atoms with Crippen LogP contribution in [-0.4, -0.2) is 44.0 Å². The van der Waals surface area contributed by atoms with Gasteiger partial charge in [-0.1, -0.05) is 23.4 Å². The number of hydroxylamine groups is 1. The van der Waals surface area contributed by atoms with E-state index in [1.807, 2.05) is 0 Å². The SMILES string of the molecule is CN(CC(=O)NO)S(=O)(=O)c1ccc(OCC#Cc2ccc(Cl)cc2)cc1. The van der Waals surface area contributed by atoms with Crippen molar-refractivity contribution in [2.24, 2.45) is 0 Å². The zero-order valence-corrected chi connectivity index (χ0v) is 15.9. The molecule has 0 bridgehead atoms. The number of rotatable bonds is 6. The Balaban J connectivity index is 1.96. The van der Waals surface area contributed by atoms with E-state index in [2.05, 4.69) is 11.8 Å². The second kappa shape index (κ2) is 9.39. The molecule has 7 nitrogen and oxygen atoms in total. The lowest BCUT2D eigenvalue weighted by Crippen LogP contribution is -2.37. The van der Waals surface area contributed by atoms with Gasteiger partial charge in [-0.15, -0.1) is 0 Å². The van der Waals surface area contributed by atoms with E-state index in [1.165, 1.54) is 36.8 Å². The molecule has 0 aliphatic carbocycles. The number of hydrogen-bond acceptors (Lipinski definition) is 5. The van der Waals surface area contributed by atoms with Gasteiger partial charge in [-0.05, 0) is 48.5 Å². The summed E-state index contributed by atoms with van der Waals surface area (Å²) in [5.74, 6) is 5.39. The molecule has 2 aromatic rings. The number of halogens is 1. The van der Waals surface area contributed by atoms with Gasteiger partial charge in [0.15, 0.2) is 0 Å². The Kier molecular flexibility index (Phi) is 7.21. The van der Waals surface area contributed by atoms with Crippen molar-refractivity contribution in [2.45, 2.75) is 4.90 Å². The smallest absolute Gasteiger partial charge is 0.258 e. The number of likely N-dealkylation sites (N-methyl/N-ethyl adjacent to an activating group) is 1. The van der Waals surface area contributed by atoms with E-state index in [0.717, 1.165) is 9.87 Å². The first-order chi connectivity index (χ1) is 12.8. The Bertz CT molecular complexity index is 948. The van der Waals surface area contributed by atoms with Gasteiger partial charge in [0.2, 0.25) is 10.0 Å². The van der Waals surface area contributed by atoms with E-state index in [9.17, 15) is 13.2 Å². The largest absolute Gasteiger partial charge is 0.481 e. The van der Waals surface area contributed by atoms with Crippen LogP contribution in [0.3, 0.4) is 0 Å². The number of hydrogen-bond donors (Lipinski definition) is 2. The van der Waals surface area contributed by atoms with Crippen LogP contribution in [0.5, 0.6) is 5.75 Å². The molecule has 2 aromatic carbocycles. The highest BCUT2D eigenvalue weighted by atomic mass is 35.5. The van der Waals surface area contributed by atoms with Gasteiger partial charge in [-0.25, -0.2) is 13.9 Å². The van der Waals surface area contributed by atoms with Crippen LogP contribution in [0.4, 0.5) is 0 Å². The molecule has 0 atom stereocenters. The van der Waals surface area contributed by atoms with Crippen LogP contribution in [0, 0.1) is 11.8 Å². The minimum atomic E-state index is -3.86. The lowest BCUT2D eigenvalue weighted by atomic mass is 10.2. The second-order valence-electron chi connectivity index (χ2n) is 5.36. The van der Waals surface area contributed by atoms with Gasteiger partial charge < -0.3 is 4.74 Å². The third-order valence-corrected chi connectivity index (χ3v) is 5.48. The van der Waals surface area contributed by atoms with Crippen molar-refractivity contribution < 1.29 is 23.2 Å². The third-order valence-electron chi connectivity index (χ3n) is 3.41. The molecule has 142 valence electrons. The lowest BCUT2D eigenvalue weighted by molar-refractivity contribution is -0.129. The Hall–Kier alpha value is -2.57. The Morgan fingerprint density at radius 2 is 1.81 bits per heavy atom. The van der Waals surface area contributed by atoms with Crippen molar-refractivity contribution in [3.05, 3.63) is 59.1 Å². The number of sulfonamides is 1. The summed E-state index contributed by atoms with van der Waals surface area (Å²) >= 11 is 5.80. The summed E-state index contributed by atoms with van der Waals surface area (Å²) in [7, 11) is -2.62. The summed E-state index contributed by atoms with van der Waals surface area (Å²) in [5.41, 5.74) is 2.19. The third kappa shape index (κ3) is 5.98. The van der Waals surface area contributed by atoms with Crippen molar-refractivity contribution in [3.63, 3.8) is 0 Å². The highest BCUT2D eigenvalue weighted by Gasteiger charge is 2.22. The molecule has 9 heteroatoms. The maximum absolute atomic E-state index is 12.3. The van der Waals surface area contributed by atoms with E-state index in [0.29, 0.717) is 10.8 Å². The van der Waals surface area contributed by atoms with Crippen molar-refractivity contribution in [1.29, 1.82) is 0 Å². The molecule has 0 radical (unpaired) electrons. The van der Waals surface area contributed by atoms with E-state index < -0.39 is 22.5 Å². The van der Waals surface area contributed by atoms with Gasteiger partial charge in [0, 0.05) is 17.6 Å². The van der Waals surface area contributed by atoms with Crippen LogP contribution in [0.2, 0.25) is 5.02 Å². The normalized spacial score (nSPS) is 10.8. The standard InChI is InChI=1S/C18H17ClN2O5S/c1-21(13-18(22)20-23)27(24,25)17-10-8-16(9-11-17)26-12-2-3-14-4-6-15(19)7-5-14/h4-11,23H,12-13H2,1H3,(H,20,22). The Morgan fingerprint density at radius 1 is 1.19 bits per heavy atom. The Morgan fingerprint density at radius 3 is 2.41 bits per heavy atom. The zero-order chi connectivity index (χ0) is 19.9. The summed E-state index contributed by atoms with van der Waals surface area (Å²) in [5, 5.41) is 9.12. The van der Waals surface area contributed by atoms with E-state index in [1.54, 1.807) is 24.3 Å². The summed E-state index contributed by atoms with van der Waals surface area (Å²) in [6.45, 7) is -0.372. The summed E-state index contributed by atoms with van der Waals surface area (Å²) in [4.78, 5) is 11.1. The molecule has 0 aliphatic rings. The summed E-state index contributed by atoms with van der Waals surface area (Å²) < 4.78 is 30.9. The van der Waals surface area contributed by atoms with Crippen molar-refractivity contribution >= 4 is 27.5 Å². The fourth-order valence-electron chi connectivity index (χ4n) is 2.00. The van der Waals surface area contributed by atoms with Crippen molar-refractivity contribution in [3.8, 4) is 17.6 Å². The van der Waals surface area contributed by atoms with Crippen LogP contribution in [-0.2, 0) is 14.8 Å². The van der Waals surface area contributed by atoms with Crippen LogP contribution in [0.25, 0.3) is 0 Å². The molecular formula is C18H17ClN2O5S. The van der Waals surface area contributed by atoms with Crippen molar-refractivity contribution in [1.82, 2.24) is 9.79 Å². The quantitative estimate of drug-likeness (QED) is 0.432. The minimum absolute atomic E-state index is 0.00432. The fraction of sp³-hybridized carbons (Fsp3) is 0.167. The molecule has 0 aliphatic heterocycles. The molecule has 0 fully saturated rings. The maximum atomic E-state index is 12.3. The van der Waals surface area contributed by atoms with E-state index in [4.69, 9.17) is 21.5 Å². The molecule has 0 spiro atoms. The number of carbonyl (C=O) groups excluding carboxylic acids is 1. The fourth-order valence-corrected chi connectivity index (χ4v) is 3.25. The average Bonchev–Trinajstić information content (AvgIpc) is 2.66. The molecule has 0 saturated heterocycles. The molecule has 2 rings (SSSR count). The highest BCUT2D eigenvalue weighted by Crippen LogP contribution is 2.18. The van der Waals surface area contributed by atoms with Gasteiger partial charge in [-0.2, -0.15) is 4.31 Å². The van der Waals surface area contributed by atoms with Gasteiger partial charge in [0.05, 0.1) is 11.4 Å². The number of carbonyl (C=O) groups is 1. The van der Waals surface area contributed by atoms with Gasteiger partial charge in [0.25, 0.3) is 5.91 Å². The molecule has 0 unspecified atom stereocenters. The molecule has 2 N–H and O–H groups in total. The first kappa shape index (κ1) is 20.7. The molecule has 0 heterocycles. The minimum Gasteiger partial charge on any atom is -0.481 e. The van der Waals surface area contributed by atoms with Crippen molar-refractivity contribution in [2.75, 3.05) is 20.2 Å². The number of ether oxygens (including phenoxy) is 1. The number of nitrogens with one attached hydrogen (secondary N) is 1. The predicted molar refractivity (Wildman–Crippen MR) is 100 cm³/mol. The topological polar surface area (TPSA) is 95.9 Å². The van der Waals surface area contributed by atoms with Gasteiger partial charge in [0.1, 0.15) is 12.4 Å². The highest BCUT2D eigenvalue weighted by molar-refractivity contribution is 7.89. The molecular weight excluding hydrogens is 392 g/mol. The molecule has 0 aromatic heterocycles. The van der Waals surface area contributed by atoms with Crippen LogP contribution < -0.4 is 10.2 Å². The number of benzene rings is 2. The zero-order valence-electron chi connectivity index (χ0n) is 14.3. The molecule has 0 saturated carbocycles. The number of nitrogens with zero attached hydrogens (tertiary/aromatic N) is 1. The first-order valence-electron chi connectivity index (χ1n) is 7.69. The second-order valence-corrected chi connectivity index (χ2v) is 7.85. The van der Waals surface area contributed by atoms with E-state index >= 15 is 0 Å².